The molecule has 5 heteroatoms. The number of hydrogen-bond acceptors (Lipinski definition) is 3. The molecule has 0 aromatic heterocycles. The minimum Gasteiger partial charge on any atom is -0.480 e. The highest BCUT2D eigenvalue weighted by Gasteiger charge is 2.33. The van der Waals surface area contributed by atoms with Crippen molar-refractivity contribution in [2.75, 3.05) is 5.73 Å². The Balaban J connectivity index is 2.93. The normalized spacial score (nSPS) is 12.8. The maximum atomic E-state index is 12.0. The van der Waals surface area contributed by atoms with Crippen molar-refractivity contribution in [1.29, 1.82) is 0 Å². The average Bonchev–Trinajstić information content (AvgIpc) is 2.24. The Morgan fingerprint density at radius 1 is 1.28 bits per heavy atom. The quantitative estimate of drug-likeness (QED) is 0.709. The van der Waals surface area contributed by atoms with Gasteiger partial charge in [0.05, 0.1) is 5.56 Å². The van der Waals surface area contributed by atoms with Crippen LogP contribution < -0.4 is 11.1 Å². The van der Waals surface area contributed by atoms with Crippen LogP contribution in [-0.4, -0.2) is 23.0 Å². The first-order valence-electron chi connectivity index (χ1n) is 5.61. The van der Waals surface area contributed by atoms with Crippen molar-refractivity contribution >= 4 is 17.6 Å². The first-order chi connectivity index (χ1) is 8.23. The number of para-hydroxylation sites is 1. The van der Waals surface area contributed by atoms with Crippen molar-refractivity contribution in [3.63, 3.8) is 0 Å². The zero-order valence-electron chi connectivity index (χ0n) is 10.7. The molecule has 0 saturated heterocycles. The first kappa shape index (κ1) is 14.0. The number of rotatable bonds is 3. The summed E-state index contributed by atoms with van der Waals surface area (Å²) < 4.78 is 0. The molecule has 1 atom stereocenters. The molecule has 0 aliphatic heterocycles. The smallest absolute Gasteiger partial charge is 0.326 e. The number of carbonyl (C=O) groups excluding carboxylic acids is 1. The van der Waals surface area contributed by atoms with Gasteiger partial charge in [-0.25, -0.2) is 4.79 Å². The van der Waals surface area contributed by atoms with Gasteiger partial charge >= 0.3 is 5.97 Å². The Kier molecular flexibility index (Phi) is 3.96. The Morgan fingerprint density at radius 2 is 1.83 bits per heavy atom. The van der Waals surface area contributed by atoms with Crippen LogP contribution in [-0.2, 0) is 4.79 Å². The fourth-order valence-corrected chi connectivity index (χ4v) is 1.56. The Hall–Kier alpha value is -2.04. The summed E-state index contributed by atoms with van der Waals surface area (Å²) >= 11 is 0. The number of anilines is 1. The van der Waals surface area contributed by atoms with Gasteiger partial charge in [0.1, 0.15) is 6.04 Å². The van der Waals surface area contributed by atoms with E-state index in [9.17, 15) is 9.59 Å². The molecule has 0 saturated carbocycles. The Morgan fingerprint density at radius 3 is 2.28 bits per heavy atom. The van der Waals surface area contributed by atoms with Gasteiger partial charge in [-0.15, -0.1) is 0 Å². The predicted octanol–water partition coefficient (Wildman–Crippen LogP) is 1.50. The second-order valence-corrected chi connectivity index (χ2v) is 5.20. The molecule has 0 spiro atoms. The van der Waals surface area contributed by atoms with E-state index < -0.39 is 23.3 Å². The maximum absolute atomic E-state index is 12.0. The van der Waals surface area contributed by atoms with E-state index in [0.29, 0.717) is 5.69 Å². The van der Waals surface area contributed by atoms with Crippen molar-refractivity contribution in [2.24, 2.45) is 5.41 Å². The van der Waals surface area contributed by atoms with E-state index in [0.717, 1.165) is 0 Å². The predicted molar refractivity (Wildman–Crippen MR) is 69.2 cm³/mol. The summed E-state index contributed by atoms with van der Waals surface area (Å²) in [6.45, 7) is 5.25. The fraction of sp³-hybridized carbons (Fsp3) is 0.385. The Labute approximate surface area is 106 Å². The molecule has 0 heterocycles. The molecule has 1 aromatic carbocycles. The Bertz CT molecular complexity index is 464. The summed E-state index contributed by atoms with van der Waals surface area (Å²) in [4.78, 5) is 23.1. The molecule has 18 heavy (non-hydrogen) atoms. The molecule has 0 radical (unpaired) electrons. The van der Waals surface area contributed by atoms with Gasteiger partial charge in [-0.3, -0.25) is 4.79 Å². The number of nitrogens with two attached hydrogens (primary N) is 1. The molecule has 0 fully saturated rings. The van der Waals surface area contributed by atoms with Crippen LogP contribution in [0.4, 0.5) is 5.69 Å². The average molecular weight is 250 g/mol. The van der Waals surface area contributed by atoms with Crippen LogP contribution in [0, 0.1) is 5.41 Å². The van der Waals surface area contributed by atoms with E-state index in [-0.39, 0.29) is 5.56 Å². The largest absolute Gasteiger partial charge is 0.480 e. The topological polar surface area (TPSA) is 92.4 Å². The number of amides is 1. The van der Waals surface area contributed by atoms with Crippen LogP contribution in [0.3, 0.4) is 0 Å². The summed E-state index contributed by atoms with van der Waals surface area (Å²) in [6.07, 6.45) is 0. The number of carboxylic acids is 1. The second kappa shape index (κ2) is 5.08. The van der Waals surface area contributed by atoms with Crippen LogP contribution in [0.15, 0.2) is 24.3 Å². The lowest BCUT2D eigenvalue weighted by atomic mass is 9.86. The number of benzene rings is 1. The van der Waals surface area contributed by atoms with E-state index in [1.54, 1.807) is 45.0 Å². The van der Waals surface area contributed by atoms with Gasteiger partial charge in [0.15, 0.2) is 0 Å². The third-order valence-electron chi connectivity index (χ3n) is 2.59. The molecule has 4 N–H and O–H groups in total. The number of carboxylic acid groups (broad SMARTS) is 1. The van der Waals surface area contributed by atoms with Crippen molar-refractivity contribution < 1.29 is 14.7 Å². The monoisotopic (exact) mass is 250 g/mol. The molecule has 0 aliphatic carbocycles. The zero-order valence-corrected chi connectivity index (χ0v) is 10.7. The zero-order chi connectivity index (χ0) is 13.9. The van der Waals surface area contributed by atoms with Crippen LogP contribution in [0.25, 0.3) is 0 Å². The standard InChI is InChI=1S/C13H18N2O3/c1-13(2,3)10(12(17)18)15-11(16)8-6-4-5-7-9(8)14/h4-7,10H,14H2,1-3H3,(H,15,16)(H,17,18). The van der Waals surface area contributed by atoms with E-state index in [1.807, 2.05) is 0 Å². The summed E-state index contributed by atoms with van der Waals surface area (Å²) in [5.41, 5.74) is 5.71. The highest BCUT2D eigenvalue weighted by Crippen LogP contribution is 2.20. The van der Waals surface area contributed by atoms with Gasteiger partial charge in [-0.05, 0) is 17.5 Å². The molecule has 0 bridgehead atoms. The minimum atomic E-state index is -1.06. The van der Waals surface area contributed by atoms with E-state index in [1.165, 1.54) is 0 Å². The number of nitrogen functional groups attached to an aromatic ring is 1. The number of aliphatic carboxylic acids is 1. The van der Waals surface area contributed by atoms with Gasteiger partial charge in [-0.1, -0.05) is 32.9 Å². The van der Waals surface area contributed by atoms with Crippen molar-refractivity contribution in [3.05, 3.63) is 29.8 Å². The first-order valence-corrected chi connectivity index (χ1v) is 5.61. The second-order valence-electron chi connectivity index (χ2n) is 5.20. The van der Waals surface area contributed by atoms with Gasteiger partial charge in [0.2, 0.25) is 0 Å². The highest BCUT2D eigenvalue weighted by molar-refractivity contribution is 6.00. The molecule has 0 aliphatic rings. The van der Waals surface area contributed by atoms with Crippen LogP contribution >= 0.6 is 0 Å². The molecular weight excluding hydrogens is 232 g/mol. The molecule has 98 valence electrons. The van der Waals surface area contributed by atoms with E-state index >= 15 is 0 Å². The molecular formula is C13H18N2O3. The van der Waals surface area contributed by atoms with Crippen LogP contribution in [0.5, 0.6) is 0 Å². The van der Waals surface area contributed by atoms with E-state index in [4.69, 9.17) is 10.8 Å². The third-order valence-corrected chi connectivity index (χ3v) is 2.59. The molecule has 1 unspecified atom stereocenters. The van der Waals surface area contributed by atoms with Gasteiger partial charge in [0, 0.05) is 5.69 Å². The summed E-state index contributed by atoms with van der Waals surface area (Å²) in [5.74, 6) is -1.54. The number of nitrogens with one attached hydrogen (secondary N) is 1. The fourth-order valence-electron chi connectivity index (χ4n) is 1.56. The molecule has 5 nitrogen and oxygen atoms in total. The summed E-state index contributed by atoms with van der Waals surface area (Å²) in [6, 6.07) is 5.58. The summed E-state index contributed by atoms with van der Waals surface area (Å²) in [7, 11) is 0. The van der Waals surface area contributed by atoms with Gasteiger partial charge < -0.3 is 16.2 Å². The van der Waals surface area contributed by atoms with Crippen LogP contribution in [0.2, 0.25) is 0 Å². The number of carbonyl (C=O) groups is 2. The van der Waals surface area contributed by atoms with Crippen molar-refractivity contribution in [3.8, 4) is 0 Å². The highest BCUT2D eigenvalue weighted by atomic mass is 16.4. The van der Waals surface area contributed by atoms with Crippen LogP contribution in [0.1, 0.15) is 31.1 Å². The minimum absolute atomic E-state index is 0.285. The maximum Gasteiger partial charge on any atom is 0.326 e. The molecule has 1 rings (SSSR count). The molecule has 1 aromatic rings. The molecule has 1 amide bonds. The van der Waals surface area contributed by atoms with Gasteiger partial charge in [-0.2, -0.15) is 0 Å². The third kappa shape index (κ3) is 3.23. The van der Waals surface area contributed by atoms with E-state index in [2.05, 4.69) is 5.32 Å². The lowest BCUT2D eigenvalue weighted by molar-refractivity contribution is -0.142. The summed E-state index contributed by atoms with van der Waals surface area (Å²) in [5, 5.41) is 11.6. The SMILES string of the molecule is CC(C)(C)C(NC(=O)c1ccccc1N)C(=O)O. The van der Waals surface area contributed by atoms with Crippen molar-refractivity contribution in [2.45, 2.75) is 26.8 Å². The lowest BCUT2D eigenvalue weighted by Gasteiger charge is -2.27. The van der Waals surface area contributed by atoms with Crippen molar-refractivity contribution in [1.82, 2.24) is 5.32 Å². The van der Waals surface area contributed by atoms with Gasteiger partial charge in [0.25, 0.3) is 5.91 Å². The number of hydrogen-bond donors (Lipinski definition) is 3. The lowest BCUT2D eigenvalue weighted by Crippen LogP contribution is -2.49.